The van der Waals surface area contributed by atoms with Gasteiger partial charge in [-0.15, -0.1) is 11.3 Å². The number of aliphatic hydroxyl groups excluding tert-OH is 1. The van der Waals surface area contributed by atoms with Gasteiger partial charge in [-0.1, -0.05) is 203 Å². The summed E-state index contributed by atoms with van der Waals surface area (Å²) in [6, 6.07) is 20.7. The van der Waals surface area contributed by atoms with Crippen LogP contribution >= 0.6 is 39.0 Å². The van der Waals surface area contributed by atoms with Crippen LogP contribution in [-0.2, 0) is 4.79 Å². The number of β-amino-alcohol motifs (C(OH)–C–C–N with tert-alkyl or cyclic N) is 1. The third-order valence-corrected chi connectivity index (χ3v) is 18.2. The summed E-state index contributed by atoms with van der Waals surface area (Å²) in [5.74, 6) is 3.18. The van der Waals surface area contributed by atoms with E-state index in [1.807, 2.05) is 85.2 Å². The molecule has 2 saturated heterocycles. The minimum atomic E-state index is -0.376. The van der Waals surface area contributed by atoms with Gasteiger partial charge in [-0.3, -0.25) is 14.4 Å². The molecule has 3 aliphatic rings. The normalized spacial score (nSPS) is 17.1. The maximum absolute atomic E-state index is 12.9. The Hall–Kier alpha value is -3.61. The molecule has 7 rings (SSSR count). The number of hydrogen-bond donors (Lipinski definition) is 2. The van der Waals surface area contributed by atoms with E-state index in [2.05, 4.69) is 136 Å². The van der Waals surface area contributed by atoms with Gasteiger partial charge in [0.1, 0.15) is 6.04 Å². The molecule has 8 nitrogen and oxygen atoms in total. The first kappa shape index (κ1) is 70.5. The van der Waals surface area contributed by atoms with Crippen LogP contribution in [0.4, 0.5) is 4.79 Å². The van der Waals surface area contributed by atoms with Crippen LogP contribution in [0.15, 0.2) is 82.8 Å². The topological polar surface area (TPSA) is 103 Å². The van der Waals surface area contributed by atoms with Crippen molar-refractivity contribution in [2.24, 2.45) is 17.8 Å². The summed E-state index contributed by atoms with van der Waals surface area (Å²) in [6.45, 7) is 43.4. The number of carbonyl (C=O) groups excluding carboxylic acids is 3. The van der Waals surface area contributed by atoms with Gasteiger partial charge in [0, 0.05) is 33.8 Å². The van der Waals surface area contributed by atoms with Gasteiger partial charge in [0.05, 0.1) is 28.7 Å². The molecular weight excluding hydrogens is 1070 g/mol. The van der Waals surface area contributed by atoms with Gasteiger partial charge >= 0.3 is 0 Å². The molecule has 3 heterocycles. The van der Waals surface area contributed by atoms with E-state index >= 15 is 0 Å². The fourth-order valence-electron chi connectivity index (χ4n) is 9.46. The number of thiazole rings is 1. The number of benzene rings is 3. The van der Waals surface area contributed by atoms with Crippen LogP contribution in [0.3, 0.4) is 0 Å². The first-order valence-electron chi connectivity index (χ1n) is 29.6. The number of carbonyl (C=O) groups is 3. The molecule has 4 aromatic rings. The number of allylic oxidation sites excluding steroid dienone is 1. The number of amides is 2. The monoisotopic (exact) mass is 1170 g/mol. The highest BCUT2D eigenvalue weighted by atomic mass is 79.9. The quantitative estimate of drug-likeness (QED) is 0.0958. The summed E-state index contributed by atoms with van der Waals surface area (Å²) in [5.41, 5.74) is 12.7. The van der Waals surface area contributed by atoms with Gasteiger partial charge in [0.25, 0.3) is 5.24 Å². The molecule has 3 fully saturated rings. The fourth-order valence-corrected chi connectivity index (χ4v) is 11.7. The van der Waals surface area contributed by atoms with Crippen LogP contribution in [-0.4, -0.2) is 80.4 Å². The summed E-state index contributed by atoms with van der Waals surface area (Å²) < 4.78 is 0.771. The second kappa shape index (κ2) is 36.7. The Balaban J connectivity index is 0.000000365. The maximum atomic E-state index is 12.9. The van der Waals surface area contributed by atoms with Crippen molar-refractivity contribution < 1.29 is 19.5 Å². The Labute approximate surface area is 492 Å². The predicted octanol–water partition coefficient (Wildman–Crippen LogP) is 18.9. The number of rotatable bonds is 14. The van der Waals surface area contributed by atoms with Gasteiger partial charge in [0.15, 0.2) is 5.78 Å². The van der Waals surface area contributed by atoms with Crippen molar-refractivity contribution in [1.29, 1.82) is 0 Å². The zero-order valence-corrected chi connectivity index (χ0v) is 54.8. The molecule has 78 heavy (non-hydrogen) atoms. The summed E-state index contributed by atoms with van der Waals surface area (Å²) >= 11 is 6.45. The van der Waals surface area contributed by atoms with Crippen LogP contribution in [0.25, 0.3) is 10.4 Å². The molecule has 0 bridgehead atoms. The second-order valence-corrected chi connectivity index (χ2v) is 26.4. The molecule has 3 aromatic carbocycles. The molecule has 1 saturated carbocycles. The molecule has 11 heteroatoms. The van der Waals surface area contributed by atoms with Crippen LogP contribution in [0, 0.1) is 38.5 Å². The standard InChI is InChI=1S/C22H29N3O2S2.C15H21BrO.C15H23NO.C7H14.C6H12.C2H6/c1-14(16-8-10-17(11-9-16)19-15(2)23-13-28-19)24-20(26)18-7-6-12-25(18)21(27)29-22(3,4)5;1-5-10(3)12-8-7-9-13(16)14(12)15(17)11(4)6-2;1-12-3-4-15(11-13(12)2)14-5-7-16(8-6-14)9-10-17;1-5-7(4)6(2)3;1-6-4-2-3-5-6;1-2/h8-11,13-14,18H,6-7,12H2,1-5H3,(H,24,26);7-11H,5-6H2,1-4H3;3-4,11,14,17H,5-10H2,1-2H3;7H,2,5H2,1,3-4H3;6H,2-5H2,1H3;1-2H3/t14-,18?;;;;;/m0...../s1. The van der Waals surface area contributed by atoms with E-state index < -0.39 is 0 Å². The van der Waals surface area contributed by atoms with Gasteiger partial charge in [0.2, 0.25) is 5.91 Å². The predicted molar refractivity (Wildman–Crippen MR) is 343 cm³/mol. The number of likely N-dealkylation sites (tertiary alicyclic amines) is 2. The molecule has 1 aromatic heterocycles. The van der Waals surface area contributed by atoms with E-state index in [0.29, 0.717) is 24.3 Å². The highest BCUT2D eigenvalue weighted by Gasteiger charge is 2.36. The highest BCUT2D eigenvalue weighted by Crippen LogP contribution is 2.34. The summed E-state index contributed by atoms with van der Waals surface area (Å²) in [4.78, 5) is 47.5. The number of nitrogens with zero attached hydrogens (tertiary/aromatic N) is 3. The first-order chi connectivity index (χ1) is 37.0. The van der Waals surface area contributed by atoms with Crippen molar-refractivity contribution in [3.8, 4) is 10.4 Å². The Bertz CT molecular complexity index is 2380. The minimum Gasteiger partial charge on any atom is -0.395 e. The number of hydrogen-bond acceptors (Lipinski definition) is 8. The van der Waals surface area contributed by atoms with E-state index in [0.717, 1.165) is 78.1 Å². The third-order valence-electron chi connectivity index (χ3n) is 15.6. The van der Waals surface area contributed by atoms with E-state index in [9.17, 15) is 14.4 Å². The van der Waals surface area contributed by atoms with E-state index in [1.54, 1.807) is 16.2 Å². The molecule has 0 spiro atoms. The molecule has 4 unspecified atom stereocenters. The average molecular weight is 1170 g/mol. The summed E-state index contributed by atoms with van der Waals surface area (Å²) in [6.07, 6.45) is 13.1. The lowest BCUT2D eigenvalue weighted by molar-refractivity contribution is -0.125. The van der Waals surface area contributed by atoms with Crippen molar-refractivity contribution in [2.45, 2.75) is 217 Å². The number of halogens is 1. The molecule has 0 radical (unpaired) electrons. The van der Waals surface area contributed by atoms with Gasteiger partial charge in [-0.05, 0) is 156 Å². The average Bonchev–Trinajstić information content (AvgIpc) is 4.24. The van der Waals surface area contributed by atoms with Gasteiger partial charge in [-0.25, -0.2) is 4.98 Å². The number of aliphatic hydroxyl groups is 1. The number of Topliss-reactive ketones (excluding diaryl/α,β-unsaturated/α-hetero) is 1. The van der Waals surface area contributed by atoms with Gasteiger partial charge in [-0.2, -0.15) is 0 Å². The highest BCUT2D eigenvalue weighted by molar-refractivity contribution is 9.10. The minimum absolute atomic E-state index is 0.00733. The van der Waals surface area contributed by atoms with Crippen LogP contribution in [0.5, 0.6) is 0 Å². The molecule has 5 atom stereocenters. The van der Waals surface area contributed by atoms with Crippen molar-refractivity contribution in [1.82, 2.24) is 20.1 Å². The zero-order chi connectivity index (χ0) is 58.7. The molecule has 436 valence electrons. The SMILES string of the molecule is C=C(C)C(C)CC.CC.CC1CCCC1.CCC(C)C(=O)c1c(Br)cccc1C(C)CC.Cc1ccc(C2CCN(CCO)CC2)cc1C.Cc1ncsc1-c1ccc([C@H](C)NC(=O)C2CCCN2C(=O)SC(C)(C)C)cc1. The van der Waals surface area contributed by atoms with Crippen molar-refractivity contribution in [3.05, 3.63) is 122 Å². The number of piperidine rings is 1. The fraction of sp³-hybridized carbons (Fsp3) is 0.612. The summed E-state index contributed by atoms with van der Waals surface area (Å²) in [5, 5.41) is 12.0. The number of aryl methyl sites for hydroxylation is 3. The van der Waals surface area contributed by atoms with Crippen molar-refractivity contribution in [3.63, 3.8) is 0 Å². The molecule has 2 N–H and O–H groups in total. The zero-order valence-electron chi connectivity index (χ0n) is 51.6. The smallest absolute Gasteiger partial charge is 0.282 e. The lowest BCUT2D eigenvalue weighted by Crippen LogP contribution is -2.45. The van der Waals surface area contributed by atoms with E-state index in [4.69, 9.17) is 5.11 Å². The van der Waals surface area contributed by atoms with E-state index in [1.165, 1.54) is 89.4 Å². The number of nitrogens with one attached hydrogen (secondary N) is 1. The third kappa shape index (κ3) is 23.8. The Morgan fingerprint density at radius 2 is 1.45 bits per heavy atom. The van der Waals surface area contributed by atoms with Crippen LogP contribution in [0.2, 0.25) is 0 Å². The van der Waals surface area contributed by atoms with Crippen LogP contribution in [0.1, 0.15) is 229 Å². The molecule has 2 amide bonds. The van der Waals surface area contributed by atoms with E-state index in [-0.39, 0.29) is 46.3 Å². The second-order valence-electron chi connectivity index (χ2n) is 22.9. The van der Waals surface area contributed by atoms with Crippen molar-refractivity contribution >= 4 is 56.0 Å². The Morgan fingerprint density at radius 1 is 0.833 bits per heavy atom. The Morgan fingerprint density at radius 3 is 1.92 bits per heavy atom. The largest absolute Gasteiger partial charge is 0.395 e. The lowest BCUT2D eigenvalue weighted by atomic mass is 9.87. The molecule has 1 aliphatic carbocycles. The lowest BCUT2D eigenvalue weighted by Gasteiger charge is -2.31. The van der Waals surface area contributed by atoms with Crippen molar-refractivity contribution in [2.75, 3.05) is 32.8 Å². The molecular formula is C67H105BrN4O4S2. The number of ketones is 1. The van der Waals surface area contributed by atoms with Gasteiger partial charge < -0.3 is 20.2 Å². The van der Waals surface area contributed by atoms with Crippen LogP contribution < -0.4 is 5.32 Å². The Kier molecular flexibility index (Phi) is 33.2. The number of thioether (sulfide) groups is 1. The maximum Gasteiger partial charge on any atom is 0.282 e. The summed E-state index contributed by atoms with van der Waals surface area (Å²) in [7, 11) is 0. The molecule has 2 aliphatic heterocycles. The number of aromatic nitrogens is 1. The first-order valence-corrected chi connectivity index (χ1v) is 32.1.